The van der Waals surface area contributed by atoms with E-state index < -0.39 is 0 Å². The van der Waals surface area contributed by atoms with Crippen LogP contribution in [0.3, 0.4) is 0 Å². The molecule has 0 saturated heterocycles. The first-order valence-corrected chi connectivity index (χ1v) is 1.88. The zero-order valence-electron chi connectivity index (χ0n) is 2.24. The molecule has 0 spiro atoms. The van der Waals surface area contributed by atoms with E-state index in [2.05, 4.69) is 22.2 Å². The average Bonchev–Trinajstić information content (AvgIpc) is 1.37. The van der Waals surface area contributed by atoms with Crippen LogP contribution in [0.15, 0.2) is 0 Å². The third kappa shape index (κ3) is 2.48. The summed E-state index contributed by atoms with van der Waals surface area (Å²) in [5.74, 6) is 1.70. The molecule has 0 atom stereocenters. The molecule has 19 valence electrons. The summed E-state index contributed by atoms with van der Waals surface area (Å²) in [4.78, 5) is 0. The van der Waals surface area contributed by atoms with Crippen molar-refractivity contribution in [1.29, 1.82) is 0 Å². The van der Waals surface area contributed by atoms with E-state index >= 15 is 0 Å². The zero-order valence-corrected chi connectivity index (χ0v) is 3.83. The second-order valence-electron chi connectivity index (χ2n) is 0.362. The fraction of sp³-hybridized carbons (Fsp3) is 0. The van der Waals surface area contributed by atoms with Crippen molar-refractivity contribution in [3.8, 4) is 0 Å². The van der Waals surface area contributed by atoms with E-state index in [4.69, 9.17) is 0 Å². The van der Waals surface area contributed by atoms with E-state index in [1.807, 2.05) is 0 Å². The minimum atomic E-state index is 1.67. The van der Waals surface area contributed by atoms with Gasteiger partial charge >= 0.3 is 35.0 Å². The molecule has 0 amide bonds. The molecule has 0 heterocycles. The van der Waals surface area contributed by atoms with Gasteiger partial charge in [-0.15, -0.1) is 0 Å². The summed E-state index contributed by atoms with van der Waals surface area (Å²) in [6, 6.07) is 0. The normalized spacial score (nSPS) is 4.25. The van der Waals surface area contributed by atoms with Gasteiger partial charge in [0, 0.05) is 0 Å². The molecule has 0 N–H and O–H groups in total. The monoisotopic (exact) mass is 115 g/mol. The molecule has 0 saturated carbocycles. The minimum absolute atomic E-state index is 1.67. The molecule has 0 nitrogen and oxygen atoms in total. The van der Waals surface area contributed by atoms with Gasteiger partial charge in [0.15, 0.2) is 0 Å². The van der Waals surface area contributed by atoms with Gasteiger partial charge in [-0.2, -0.15) is 0 Å². The van der Waals surface area contributed by atoms with Crippen LogP contribution in [0.1, 0.15) is 0 Å². The first kappa shape index (κ1) is 4.48. The molecule has 0 fully saturated rings. The van der Waals surface area contributed by atoms with Gasteiger partial charge in [-0.25, -0.2) is 0 Å². The van der Waals surface area contributed by atoms with Crippen LogP contribution in [0.25, 0.3) is 0 Å². The molecule has 0 aliphatic rings. The second-order valence-corrected chi connectivity index (χ2v) is 0.890. The third-order valence-corrected chi connectivity index (χ3v) is 0.463. The molecule has 0 aliphatic heterocycles. The molecule has 0 aromatic carbocycles. The predicted molar refractivity (Wildman–Crippen MR) is 27.6 cm³/mol. The molecule has 1 radical (unpaired) electrons. The Labute approximate surface area is 35.7 Å². The molecule has 4 heavy (non-hydrogen) atoms. The molecule has 0 bridgehead atoms. The van der Waals surface area contributed by atoms with Gasteiger partial charge in [-0.3, -0.25) is 0 Å². The van der Waals surface area contributed by atoms with Crippen molar-refractivity contribution in [2.75, 3.05) is 0 Å². The second kappa shape index (κ2) is 3.48. The van der Waals surface area contributed by atoms with Gasteiger partial charge in [0.25, 0.3) is 0 Å². The molecule has 0 unspecified atom stereocenters. The van der Waals surface area contributed by atoms with Gasteiger partial charge in [-0.1, -0.05) is 0 Å². The molecular weight excluding hydrogens is 114 g/mol. The Balaban J connectivity index is 2.30. The van der Waals surface area contributed by atoms with Gasteiger partial charge in [-0.05, 0) is 0 Å². The fourth-order valence-corrected chi connectivity index (χ4v) is 0. The van der Waals surface area contributed by atoms with Crippen LogP contribution in [0.4, 0.5) is 0 Å². The van der Waals surface area contributed by atoms with E-state index in [-0.39, 0.29) is 0 Å². The van der Waals surface area contributed by atoms with Crippen molar-refractivity contribution in [1.82, 2.24) is 0 Å². The van der Waals surface area contributed by atoms with Crippen molar-refractivity contribution in [2.45, 2.75) is 0 Å². The first-order valence-electron chi connectivity index (χ1n) is 0.960. The predicted octanol–water partition coefficient (Wildman–Crippen LogP) is 0.0517. The van der Waals surface area contributed by atoms with Crippen LogP contribution in [-0.2, 0) is 0 Å². The van der Waals surface area contributed by atoms with Crippen molar-refractivity contribution >= 4 is 35.0 Å². The maximum atomic E-state index is 3.38. The van der Waals surface area contributed by atoms with Crippen molar-refractivity contribution in [3.63, 3.8) is 0 Å². The first-order chi connectivity index (χ1) is 1.91. The van der Waals surface area contributed by atoms with Gasteiger partial charge in [0.05, 0.1) is 0 Å². The third-order valence-electron chi connectivity index (χ3n) is 0.0891. The maximum absolute atomic E-state index is 3.38. The van der Waals surface area contributed by atoms with Gasteiger partial charge in [0.1, 0.15) is 0 Å². The summed E-state index contributed by atoms with van der Waals surface area (Å²) in [5.41, 5.74) is 0. The Morgan fingerprint density at radius 2 is 2.00 bits per heavy atom. The van der Waals surface area contributed by atoms with Crippen LogP contribution in [0.2, 0.25) is 0 Å². The Bertz CT molecular complexity index is 20.0. The molecule has 0 aliphatic carbocycles. The Kier molecular flexibility index (Phi) is 3.90. The zero-order chi connectivity index (χ0) is 3.41. The van der Waals surface area contributed by atoms with Crippen LogP contribution in [0.5, 0.6) is 0 Å². The number of hydrogen-bond acceptors (Lipinski definition) is 0. The molecule has 0 rings (SSSR count). The van der Waals surface area contributed by atoms with Gasteiger partial charge in [0.2, 0.25) is 0 Å². The number of halogens is 1. The summed E-state index contributed by atoms with van der Waals surface area (Å²) in [6.45, 7) is 5.04. The quantitative estimate of drug-likeness (QED) is 0.424. The summed E-state index contributed by atoms with van der Waals surface area (Å²) in [7, 11) is 0. The summed E-state index contributed by atoms with van der Waals surface area (Å²) >= 11 is 3.01. The van der Waals surface area contributed by atoms with Crippen molar-refractivity contribution < 1.29 is 0 Å². The van der Waals surface area contributed by atoms with E-state index in [1.165, 1.54) is 0 Å². The van der Waals surface area contributed by atoms with E-state index in [0.717, 1.165) is 0 Å². The SMILES string of the molecule is C=B[B]Br. The van der Waals surface area contributed by atoms with Crippen molar-refractivity contribution in [3.05, 3.63) is 0 Å². The van der Waals surface area contributed by atoms with Crippen LogP contribution in [-0.4, -0.2) is 19.3 Å². The molecular formula is CH2B2Br. The van der Waals surface area contributed by atoms with E-state index in [0.29, 0.717) is 0 Å². The van der Waals surface area contributed by atoms with Crippen LogP contribution in [0, 0.1) is 0 Å². The Hall–Kier alpha value is 0.480. The molecule has 3 heteroatoms. The Morgan fingerprint density at radius 1 is 1.75 bits per heavy atom. The van der Waals surface area contributed by atoms with Crippen LogP contribution < -0.4 is 0 Å². The van der Waals surface area contributed by atoms with E-state index in [1.54, 1.807) is 12.8 Å². The number of hydrogen-bond donors (Lipinski definition) is 0. The van der Waals surface area contributed by atoms with E-state index in [9.17, 15) is 0 Å². The molecule has 0 aromatic rings. The van der Waals surface area contributed by atoms with Gasteiger partial charge < -0.3 is 0 Å². The average molecular weight is 116 g/mol. The fourth-order valence-electron chi connectivity index (χ4n) is 0. The topological polar surface area (TPSA) is 0 Å². The summed E-state index contributed by atoms with van der Waals surface area (Å²) in [6.07, 6.45) is 0. The summed E-state index contributed by atoms with van der Waals surface area (Å²) in [5, 5.41) is 0. The Morgan fingerprint density at radius 3 is 2.00 bits per heavy atom. The standard InChI is InChI=1S/CH2B2Br/c1-2-3-4/h1H2. The number of rotatable bonds is 1. The summed E-state index contributed by atoms with van der Waals surface area (Å²) < 4.78 is 0. The van der Waals surface area contributed by atoms with Crippen LogP contribution >= 0.6 is 15.8 Å². The van der Waals surface area contributed by atoms with Crippen molar-refractivity contribution in [2.24, 2.45) is 0 Å². The molecule has 0 aromatic heterocycles.